The van der Waals surface area contributed by atoms with Crippen LogP contribution in [-0.4, -0.2) is 29.8 Å². The lowest BCUT2D eigenvalue weighted by molar-refractivity contribution is -0.990. The fourth-order valence-electron chi connectivity index (χ4n) is 2.70. The van der Waals surface area contributed by atoms with E-state index >= 15 is 0 Å². The molecule has 3 rings (SSSR count). The Labute approximate surface area is 138 Å². The molecule has 1 unspecified atom stereocenters. The molecule has 0 aliphatic rings. The molecule has 0 saturated heterocycles. The lowest BCUT2D eigenvalue weighted by Crippen LogP contribution is -2.99. The number of anilines is 1. The van der Waals surface area contributed by atoms with Crippen molar-refractivity contribution in [3.63, 3.8) is 0 Å². The van der Waals surface area contributed by atoms with E-state index in [2.05, 4.69) is 15.0 Å². The number of pyridine rings is 1. The highest BCUT2D eigenvalue weighted by molar-refractivity contribution is 6.11. The van der Waals surface area contributed by atoms with Gasteiger partial charge in [-0.25, -0.2) is 10.2 Å². The number of hydrogen-bond donors (Lipinski definition) is 3. The summed E-state index contributed by atoms with van der Waals surface area (Å²) in [5.41, 5.74) is 2.19. The van der Waals surface area contributed by atoms with Crippen molar-refractivity contribution < 1.29 is 20.0 Å². The minimum absolute atomic E-state index is 0.173. The smallest absolute Gasteiger partial charge is 0.307 e. The number of para-hydroxylation sites is 1. The van der Waals surface area contributed by atoms with Crippen LogP contribution >= 0.6 is 0 Å². The fourth-order valence-corrected chi connectivity index (χ4v) is 2.70. The number of nitrogens with one attached hydrogen (secondary N) is 2. The van der Waals surface area contributed by atoms with E-state index < -0.39 is 5.23 Å². The first-order valence-electron chi connectivity index (χ1n) is 7.47. The molecule has 0 spiro atoms. The van der Waals surface area contributed by atoms with Crippen molar-refractivity contribution in [2.45, 2.75) is 6.42 Å². The summed E-state index contributed by atoms with van der Waals surface area (Å²) in [6.07, 6.45) is 0.184. The van der Waals surface area contributed by atoms with Crippen LogP contribution in [0, 0.1) is 5.21 Å². The zero-order valence-electron chi connectivity index (χ0n) is 13.1. The number of carbonyl (C=O) groups excluding carboxylic acids is 1. The van der Waals surface area contributed by atoms with Crippen molar-refractivity contribution in [3.8, 4) is 0 Å². The molecule has 3 aromatic rings. The second-order valence-corrected chi connectivity index (χ2v) is 5.26. The molecule has 0 fully saturated rings. The Bertz CT molecular complexity index is 896. The maximum atomic E-state index is 11.6. The number of esters is 1. The molecule has 0 saturated carbocycles. The van der Waals surface area contributed by atoms with E-state index in [4.69, 9.17) is 0 Å². The Balaban J connectivity index is 2.17. The molecule has 1 aromatic heterocycles. The van der Waals surface area contributed by atoms with E-state index in [0.717, 1.165) is 10.9 Å². The molecule has 3 N–H and O–H groups in total. The van der Waals surface area contributed by atoms with Crippen molar-refractivity contribution >= 4 is 39.1 Å². The van der Waals surface area contributed by atoms with Gasteiger partial charge in [0.25, 0.3) is 0 Å². The zero-order chi connectivity index (χ0) is 17.1. The molecular formula is C17H17N3O4. The highest BCUT2D eigenvalue weighted by atomic mass is 16.8. The standard InChI is InChI=1S/C17H17N3O4/c1-24-15(21)9-10-18-17-11-5-2-3-6-12(11)19-13-7-4-8-14(16(13)17)20(22)23/h2-8,20,22H,9-10H2,1H3,(H,18,19). The Hall–Kier alpha value is -2.74. The van der Waals surface area contributed by atoms with Crippen LogP contribution < -0.4 is 10.5 Å². The van der Waals surface area contributed by atoms with Gasteiger partial charge in [0, 0.05) is 18.0 Å². The van der Waals surface area contributed by atoms with Gasteiger partial charge in [-0.2, -0.15) is 5.23 Å². The van der Waals surface area contributed by atoms with Crippen molar-refractivity contribution in [2.75, 3.05) is 19.0 Å². The highest BCUT2D eigenvalue weighted by Crippen LogP contribution is 2.34. The number of benzene rings is 2. The Kier molecular flexibility index (Phi) is 4.57. The van der Waals surface area contributed by atoms with Crippen LogP contribution in [0.3, 0.4) is 0 Å². The minimum Gasteiger partial charge on any atom is -0.595 e. The van der Waals surface area contributed by atoms with Gasteiger partial charge in [0.2, 0.25) is 0 Å². The summed E-state index contributed by atoms with van der Waals surface area (Å²) >= 11 is 0. The number of ether oxygens (including phenoxy) is 1. The van der Waals surface area contributed by atoms with Gasteiger partial charge in [0.05, 0.1) is 35.6 Å². The lowest BCUT2D eigenvalue weighted by Gasteiger charge is -2.18. The number of fused-ring (bicyclic) bond motifs is 2. The van der Waals surface area contributed by atoms with Crippen molar-refractivity contribution in [1.29, 1.82) is 0 Å². The molecular weight excluding hydrogens is 310 g/mol. The van der Waals surface area contributed by atoms with Gasteiger partial charge in [0.15, 0.2) is 5.69 Å². The number of nitrogens with zero attached hydrogens (tertiary/aromatic N) is 1. The van der Waals surface area contributed by atoms with E-state index in [0.29, 0.717) is 23.1 Å². The topological polar surface area (TPSA) is 99.0 Å². The molecule has 1 heterocycles. The molecule has 0 radical (unpaired) electrons. The minimum atomic E-state index is -1.02. The quantitative estimate of drug-likeness (QED) is 0.375. The van der Waals surface area contributed by atoms with Gasteiger partial charge >= 0.3 is 5.97 Å². The molecule has 0 amide bonds. The summed E-state index contributed by atoms with van der Waals surface area (Å²) in [6, 6.07) is 12.5. The van der Waals surface area contributed by atoms with Crippen LogP contribution in [0.2, 0.25) is 0 Å². The van der Waals surface area contributed by atoms with Crippen molar-refractivity contribution in [2.24, 2.45) is 0 Å². The summed E-state index contributed by atoms with van der Waals surface area (Å²) in [5, 5.41) is 24.6. The van der Waals surface area contributed by atoms with E-state index in [9.17, 15) is 15.2 Å². The first-order chi connectivity index (χ1) is 11.6. The van der Waals surface area contributed by atoms with Gasteiger partial charge in [-0.3, -0.25) is 4.79 Å². The van der Waals surface area contributed by atoms with Crippen LogP contribution in [0.5, 0.6) is 0 Å². The monoisotopic (exact) mass is 327 g/mol. The number of methoxy groups -OCH3 is 1. The first kappa shape index (κ1) is 16.1. The van der Waals surface area contributed by atoms with Crippen molar-refractivity contribution in [1.82, 2.24) is 4.98 Å². The Morgan fingerprint density at radius 3 is 2.75 bits per heavy atom. The van der Waals surface area contributed by atoms with Crippen LogP contribution in [0.1, 0.15) is 6.42 Å². The van der Waals surface area contributed by atoms with Crippen LogP contribution in [0.25, 0.3) is 21.8 Å². The predicted octanol–water partition coefficient (Wildman–Crippen LogP) is 1.77. The molecule has 2 aromatic carbocycles. The molecule has 1 atom stereocenters. The predicted molar refractivity (Wildman–Crippen MR) is 90.1 cm³/mol. The largest absolute Gasteiger partial charge is 0.595 e. The van der Waals surface area contributed by atoms with Crippen LogP contribution in [-0.2, 0) is 9.53 Å². The molecule has 24 heavy (non-hydrogen) atoms. The van der Waals surface area contributed by atoms with Gasteiger partial charge in [-0.15, -0.1) is 0 Å². The van der Waals surface area contributed by atoms with Gasteiger partial charge in [0.1, 0.15) is 0 Å². The second kappa shape index (κ2) is 6.79. The molecule has 0 aliphatic heterocycles. The number of hydrogen-bond acceptors (Lipinski definition) is 6. The number of quaternary nitrogens is 1. The van der Waals surface area contributed by atoms with Crippen molar-refractivity contribution in [3.05, 3.63) is 47.7 Å². The average Bonchev–Trinajstić information content (AvgIpc) is 2.60. The average molecular weight is 327 g/mol. The van der Waals surface area contributed by atoms with E-state index in [1.54, 1.807) is 18.2 Å². The fraction of sp³-hybridized carbons (Fsp3) is 0.176. The zero-order valence-corrected chi connectivity index (χ0v) is 13.1. The van der Waals surface area contributed by atoms with Gasteiger partial charge < -0.3 is 15.3 Å². The second-order valence-electron chi connectivity index (χ2n) is 5.26. The number of carbonyl (C=O) groups is 1. The summed E-state index contributed by atoms with van der Waals surface area (Å²) in [6.45, 7) is 0.337. The normalized spacial score (nSPS) is 12.3. The van der Waals surface area contributed by atoms with E-state index in [-0.39, 0.29) is 18.1 Å². The molecule has 0 bridgehead atoms. The first-order valence-corrected chi connectivity index (χ1v) is 7.47. The van der Waals surface area contributed by atoms with Gasteiger partial charge in [-0.05, 0) is 12.1 Å². The molecule has 0 aliphatic carbocycles. The lowest BCUT2D eigenvalue weighted by atomic mass is 10.1. The SMILES string of the molecule is COC(=O)CCNc1c2ccccc2nc2cccc([NH+]([O-])O)c12. The molecule has 7 nitrogen and oxygen atoms in total. The summed E-state index contributed by atoms with van der Waals surface area (Å²) in [7, 11) is 1.34. The van der Waals surface area contributed by atoms with Gasteiger partial charge in [-0.1, -0.05) is 24.3 Å². The maximum absolute atomic E-state index is 11.6. The third kappa shape index (κ3) is 3.00. The maximum Gasteiger partial charge on any atom is 0.307 e. The summed E-state index contributed by atoms with van der Waals surface area (Å²) in [5.74, 6) is -0.330. The van der Waals surface area contributed by atoms with E-state index in [1.165, 1.54) is 7.11 Å². The molecule has 124 valence electrons. The Morgan fingerprint density at radius 1 is 1.25 bits per heavy atom. The highest BCUT2D eigenvalue weighted by Gasteiger charge is 2.16. The third-order valence-electron chi connectivity index (χ3n) is 3.80. The molecule has 7 heteroatoms. The number of rotatable bonds is 5. The van der Waals surface area contributed by atoms with Crippen LogP contribution in [0.4, 0.5) is 11.4 Å². The summed E-state index contributed by atoms with van der Waals surface area (Å²) < 4.78 is 4.64. The van der Waals surface area contributed by atoms with Crippen LogP contribution in [0.15, 0.2) is 42.5 Å². The van der Waals surface area contributed by atoms with E-state index in [1.807, 2.05) is 24.3 Å². The number of aromatic nitrogens is 1. The summed E-state index contributed by atoms with van der Waals surface area (Å²) in [4.78, 5) is 15.9. The third-order valence-corrected chi connectivity index (χ3v) is 3.80. The Morgan fingerprint density at radius 2 is 2.00 bits per heavy atom.